The minimum absolute atomic E-state index is 0.00694. The minimum atomic E-state index is -0.479. The van der Waals surface area contributed by atoms with Gasteiger partial charge in [-0.2, -0.15) is 0 Å². The first-order valence-electron chi connectivity index (χ1n) is 18.4. The molecular weight excluding hydrogens is 1050 g/mol. The van der Waals surface area contributed by atoms with Gasteiger partial charge in [0.05, 0.1) is 14.8 Å². The molecule has 0 aromatic carbocycles. The quantitative estimate of drug-likeness (QED) is 0.0676. The van der Waals surface area contributed by atoms with E-state index in [1.165, 1.54) is 46.5 Å². The van der Waals surface area contributed by atoms with Crippen molar-refractivity contribution in [3.05, 3.63) is 72.7 Å². The second kappa shape index (κ2) is 40.7. The highest BCUT2D eigenvalue weighted by Crippen LogP contribution is 2.30. The average molecular weight is 1120 g/mol. The predicted octanol–water partition coefficient (Wildman–Crippen LogP) is 3.66. The summed E-state index contributed by atoms with van der Waals surface area (Å²) in [5.74, 6) is 2.32. The van der Waals surface area contributed by atoms with Crippen LogP contribution in [-0.2, 0) is 0 Å². The number of aromatic nitrogens is 8. The van der Waals surface area contributed by atoms with E-state index in [1.54, 1.807) is 58.8 Å². The maximum absolute atomic E-state index is 10.9. The Bertz CT molecular complexity index is 1830. The number of aryl methyl sites for hydroxylation is 3. The van der Waals surface area contributed by atoms with E-state index >= 15 is 0 Å². The zero-order valence-corrected chi connectivity index (χ0v) is 43.1. The van der Waals surface area contributed by atoms with Crippen LogP contribution in [0.15, 0.2) is 25.3 Å². The lowest BCUT2D eigenvalue weighted by Crippen LogP contribution is -2.15. The molecule has 4 rings (SSSR count). The maximum Gasteiger partial charge on any atom is 0.353 e. The van der Waals surface area contributed by atoms with Gasteiger partial charge in [-0.25, -0.2) is 39.9 Å². The third-order valence-corrected chi connectivity index (χ3v) is 6.35. The van der Waals surface area contributed by atoms with Crippen LogP contribution >= 0.6 is 37.2 Å². The lowest BCUT2D eigenvalue weighted by atomic mass is 10.3. The van der Waals surface area contributed by atoms with Crippen molar-refractivity contribution in [2.45, 2.75) is 41.5 Å². The highest BCUT2D eigenvalue weighted by molar-refractivity contribution is 15.0. The van der Waals surface area contributed by atoms with Gasteiger partial charge in [-0.3, -0.25) is 30.3 Å². The SMILES string of the molecule is CCN.CCNc1ncnc(N(C)C)c1N.CCNc1ncnc(N(C)C)c1[N+](=O)[O-].CN.CN.CN.Cc1ncnc(C)c1[N+](=O)[O-].Cc1ncnc(N(C)C)c1[N+](=O)[O-].II. The molecule has 0 atom stereocenters. The summed E-state index contributed by atoms with van der Waals surface area (Å²) in [5, 5.41) is 37.8. The summed E-state index contributed by atoms with van der Waals surface area (Å²) in [6, 6.07) is 0. The summed E-state index contributed by atoms with van der Waals surface area (Å²) in [5.41, 5.74) is 25.8. The average Bonchev–Trinajstić information content (AvgIpc) is 3.25. The first-order chi connectivity index (χ1) is 29.8. The lowest BCUT2D eigenvalue weighted by molar-refractivity contribution is -0.386. The Morgan fingerprint density at radius 3 is 1.10 bits per heavy atom. The van der Waals surface area contributed by atoms with Crippen LogP contribution < -0.4 is 54.0 Å². The summed E-state index contributed by atoms with van der Waals surface area (Å²) in [7, 11) is 15.1. The van der Waals surface area contributed by atoms with E-state index in [1.807, 2.05) is 39.8 Å². The van der Waals surface area contributed by atoms with Crippen LogP contribution in [0.4, 0.5) is 51.8 Å². The Labute approximate surface area is 393 Å². The third kappa shape index (κ3) is 26.0. The van der Waals surface area contributed by atoms with Crippen LogP contribution in [0.1, 0.15) is 37.9 Å². The van der Waals surface area contributed by atoms with Gasteiger partial charge < -0.3 is 54.0 Å². The molecule has 0 spiro atoms. The number of nitrogens with two attached hydrogens (primary N) is 5. The third-order valence-electron chi connectivity index (χ3n) is 6.35. The van der Waals surface area contributed by atoms with Gasteiger partial charge in [0.2, 0.25) is 17.5 Å². The molecule has 0 aliphatic carbocycles. The molecule has 0 aliphatic heterocycles. The molecule has 0 fully saturated rings. The Morgan fingerprint density at radius 1 is 0.524 bits per heavy atom. The second-order valence-electron chi connectivity index (χ2n) is 11.3. The normalized spacial score (nSPS) is 8.71. The molecule has 0 saturated heterocycles. The number of halogens is 2. The maximum atomic E-state index is 10.9. The van der Waals surface area contributed by atoms with Crippen LogP contribution in [0.2, 0.25) is 0 Å². The first kappa shape index (κ1) is 66.7. The van der Waals surface area contributed by atoms with Crippen LogP contribution in [-0.4, -0.2) is 138 Å². The van der Waals surface area contributed by atoms with Crippen molar-refractivity contribution in [2.75, 3.05) is 114 Å². The summed E-state index contributed by atoms with van der Waals surface area (Å²) >= 11 is 4.24. The van der Waals surface area contributed by atoms with Gasteiger partial charge >= 0.3 is 17.1 Å². The summed E-state index contributed by atoms with van der Waals surface area (Å²) in [6.45, 7) is 12.6. The molecule has 0 unspecified atom stereocenters. The minimum Gasteiger partial charge on any atom is -0.393 e. The van der Waals surface area contributed by atoms with Crippen LogP contribution in [0.25, 0.3) is 0 Å². The molecule has 0 aliphatic rings. The number of hydrogen-bond donors (Lipinski definition) is 7. The van der Waals surface area contributed by atoms with Crippen molar-refractivity contribution in [3.8, 4) is 0 Å². The lowest BCUT2D eigenvalue weighted by Gasteiger charge is -2.15. The van der Waals surface area contributed by atoms with Crippen LogP contribution in [0, 0.1) is 51.1 Å². The van der Waals surface area contributed by atoms with Gasteiger partial charge in [-0.15, -0.1) is 0 Å². The van der Waals surface area contributed by atoms with Gasteiger partial charge in [-0.1, -0.05) is 6.92 Å². The molecule has 4 aromatic heterocycles. The fourth-order valence-electron chi connectivity index (χ4n) is 4.06. The van der Waals surface area contributed by atoms with E-state index in [0.29, 0.717) is 46.8 Å². The number of hydrogen-bond acceptors (Lipinski definition) is 24. The smallest absolute Gasteiger partial charge is 0.353 e. The Balaban J connectivity index is -0.000000221. The summed E-state index contributed by atoms with van der Waals surface area (Å²) in [4.78, 5) is 66.4. The number of nitro groups is 3. The number of nitrogens with one attached hydrogen (secondary N) is 2. The molecular formula is C34H67I2N21O6. The van der Waals surface area contributed by atoms with E-state index in [9.17, 15) is 30.3 Å². The Kier molecular flexibility index (Phi) is 43.1. The Hall–Kier alpha value is -5.38. The van der Waals surface area contributed by atoms with Crippen LogP contribution in [0.5, 0.6) is 0 Å². The fraction of sp³-hybridized carbons (Fsp3) is 0.529. The molecule has 0 amide bonds. The molecule has 0 saturated carbocycles. The van der Waals surface area contributed by atoms with E-state index in [2.05, 4.69) is 105 Å². The Morgan fingerprint density at radius 2 is 0.794 bits per heavy atom. The number of rotatable bonds is 10. The van der Waals surface area contributed by atoms with Gasteiger partial charge in [0, 0.05) is 92.6 Å². The molecule has 358 valence electrons. The second-order valence-corrected chi connectivity index (χ2v) is 11.3. The zero-order chi connectivity index (χ0) is 50.4. The van der Waals surface area contributed by atoms with Crippen molar-refractivity contribution in [1.82, 2.24) is 39.9 Å². The van der Waals surface area contributed by atoms with Crippen molar-refractivity contribution in [3.63, 3.8) is 0 Å². The highest BCUT2D eigenvalue weighted by Gasteiger charge is 2.24. The molecule has 63 heavy (non-hydrogen) atoms. The van der Waals surface area contributed by atoms with Crippen molar-refractivity contribution in [2.24, 2.45) is 22.9 Å². The topological polar surface area (TPSA) is 396 Å². The molecule has 27 nitrogen and oxygen atoms in total. The number of anilines is 6. The van der Waals surface area contributed by atoms with E-state index in [4.69, 9.17) is 11.5 Å². The predicted molar refractivity (Wildman–Crippen MR) is 271 cm³/mol. The molecule has 12 N–H and O–H groups in total. The summed E-state index contributed by atoms with van der Waals surface area (Å²) < 4.78 is 0. The molecule has 4 heterocycles. The zero-order valence-electron chi connectivity index (χ0n) is 38.8. The van der Waals surface area contributed by atoms with Gasteiger partial charge in [0.25, 0.3) is 0 Å². The molecule has 0 radical (unpaired) electrons. The first-order valence-corrected chi connectivity index (χ1v) is 24.7. The van der Waals surface area contributed by atoms with Gasteiger partial charge in [0.1, 0.15) is 48.1 Å². The standard InChI is InChI=1S/C8H13N5O2.C8H15N5.C7H10N4O2.C6H7N3O2.C2H7N.3CH5N.I2/c1-4-9-7-6(13(14)15)8(12(2)3)11-5-10-7;1-4-10-7-6(9)8(13(2)3)12-5-11-7;1-5-6(11(12)13)7(10(2)3)9-4-8-5;1-4-6(9(10)11)5(2)8-3-7-4;1-2-3;4*1-2/h5H,4H2,1-3H3,(H,9,10,11);5H,4,9H2,1-3H3,(H,10,11,12);4H,1-3H3;3H,1-2H3;2-3H2,1H3;3*2H2,1H3;. The van der Waals surface area contributed by atoms with Crippen molar-refractivity contribution in [1.29, 1.82) is 0 Å². The molecule has 29 heteroatoms. The van der Waals surface area contributed by atoms with E-state index in [0.717, 1.165) is 18.9 Å². The highest BCUT2D eigenvalue weighted by atomic mass is 128. The van der Waals surface area contributed by atoms with E-state index < -0.39 is 14.8 Å². The van der Waals surface area contributed by atoms with Crippen molar-refractivity contribution < 1.29 is 14.8 Å². The number of nitrogens with zero attached hydrogens (tertiary/aromatic N) is 14. The number of nitrogen functional groups attached to an aromatic ring is 1. The molecule has 4 aromatic rings. The van der Waals surface area contributed by atoms with Gasteiger partial charge in [-0.05, 0) is 62.3 Å². The van der Waals surface area contributed by atoms with E-state index in [-0.39, 0.29) is 22.9 Å². The monoisotopic (exact) mass is 1120 g/mol. The molecule has 0 bridgehead atoms. The van der Waals surface area contributed by atoms with Crippen LogP contribution in [0.3, 0.4) is 0 Å². The van der Waals surface area contributed by atoms with Crippen molar-refractivity contribution >= 4 is 89.1 Å². The summed E-state index contributed by atoms with van der Waals surface area (Å²) in [6.07, 6.45) is 5.44. The fourth-order valence-corrected chi connectivity index (χ4v) is 4.06. The largest absolute Gasteiger partial charge is 0.393 e. The van der Waals surface area contributed by atoms with Gasteiger partial charge in [0.15, 0.2) is 11.6 Å².